The second kappa shape index (κ2) is 8.98. The fraction of sp³-hybridized carbons (Fsp3) is 0. The van der Waals surface area contributed by atoms with Crippen molar-refractivity contribution in [1.29, 1.82) is 0 Å². The van der Waals surface area contributed by atoms with Gasteiger partial charge in [-0.2, -0.15) is 5.10 Å². The Labute approximate surface area is 185 Å². The van der Waals surface area contributed by atoms with Crippen LogP contribution >= 0.6 is 27.3 Å². The van der Waals surface area contributed by atoms with Crippen molar-refractivity contribution in [2.24, 2.45) is 5.10 Å². The van der Waals surface area contributed by atoms with Gasteiger partial charge in [0, 0.05) is 22.2 Å². The van der Waals surface area contributed by atoms with Gasteiger partial charge in [0.15, 0.2) is 0 Å². The lowest BCUT2D eigenvalue weighted by Crippen LogP contribution is -1.90. The average molecular weight is 479 g/mol. The van der Waals surface area contributed by atoms with Gasteiger partial charge < -0.3 is 0 Å². The van der Waals surface area contributed by atoms with Crippen molar-refractivity contribution in [1.82, 2.24) is 4.98 Å². The Kier molecular flexibility index (Phi) is 5.97. The number of nitrogens with one attached hydrogen (secondary N) is 1. The third kappa shape index (κ3) is 4.61. The molecule has 4 rings (SSSR count). The van der Waals surface area contributed by atoms with Gasteiger partial charge in [0.05, 0.1) is 21.7 Å². The Morgan fingerprint density at radius 2 is 1.67 bits per heavy atom. The number of nitro groups is 1. The summed E-state index contributed by atoms with van der Waals surface area (Å²) < 4.78 is 1.01. The normalized spacial score (nSPS) is 11.0. The summed E-state index contributed by atoms with van der Waals surface area (Å²) >= 11 is 4.86. The maximum absolute atomic E-state index is 11.0. The number of hydrogen-bond donors (Lipinski definition) is 1. The zero-order chi connectivity index (χ0) is 20.9. The van der Waals surface area contributed by atoms with Crippen molar-refractivity contribution in [2.45, 2.75) is 0 Å². The average Bonchev–Trinajstić information content (AvgIpc) is 3.20. The van der Waals surface area contributed by atoms with Crippen LogP contribution in [0.4, 0.5) is 10.8 Å². The number of nitrogens with zero attached hydrogens (tertiary/aromatic N) is 3. The van der Waals surface area contributed by atoms with E-state index in [2.05, 4.69) is 26.5 Å². The molecule has 0 saturated heterocycles. The summed E-state index contributed by atoms with van der Waals surface area (Å²) in [5.41, 5.74) is 6.64. The Bertz CT molecular complexity index is 1190. The van der Waals surface area contributed by atoms with E-state index < -0.39 is 4.92 Å². The minimum atomic E-state index is -0.404. The van der Waals surface area contributed by atoms with E-state index >= 15 is 0 Å². The SMILES string of the molecule is O=[N+]([O-])c1ccc(-c2sc(N/N=C\c3ccc(Br)cc3)nc2-c2ccccc2)cc1. The quantitative estimate of drug-likeness (QED) is 0.192. The van der Waals surface area contributed by atoms with Crippen LogP contribution in [0.3, 0.4) is 0 Å². The number of rotatable bonds is 6. The van der Waals surface area contributed by atoms with Gasteiger partial charge in [0.2, 0.25) is 5.13 Å². The molecule has 1 N–H and O–H groups in total. The van der Waals surface area contributed by atoms with Gasteiger partial charge in [-0.25, -0.2) is 4.98 Å². The summed E-state index contributed by atoms with van der Waals surface area (Å²) in [4.78, 5) is 16.2. The van der Waals surface area contributed by atoms with Gasteiger partial charge in [-0.3, -0.25) is 15.5 Å². The molecule has 0 unspecified atom stereocenters. The first-order valence-electron chi connectivity index (χ1n) is 8.96. The largest absolute Gasteiger partial charge is 0.269 e. The lowest BCUT2D eigenvalue weighted by atomic mass is 10.1. The van der Waals surface area contributed by atoms with Gasteiger partial charge in [0.25, 0.3) is 5.69 Å². The highest BCUT2D eigenvalue weighted by molar-refractivity contribution is 9.10. The fourth-order valence-electron chi connectivity index (χ4n) is 2.80. The predicted molar refractivity (Wildman–Crippen MR) is 125 cm³/mol. The molecule has 148 valence electrons. The molecule has 0 amide bonds. The smallest absolute Gasteiger partial charge is 0.258 e. The highest BCUT2D eigenvalue weighted by atomic mass is 79.9. The van der Waals surface area contributed by atoms with Gasteiger partial charge >= 0.3 is 0 Å². The van der Waals surface area contributed by atoms with Crippen molar-refractivity contribution in [3.05, 3.63) is 99.0 Å². The van der Waals surface area contributed by atoms with E-state index in [-0.39, 0.29) is 5.69 Å². The van der Waals surface area contributed by atoms with Crippen LogP contribution in [0.2, 0.25) is 0 Å². The standard InChI is InChI=1S/C22H15BrN4O2S/c23-18-10-6-15(7-11-18)14-24-26-22-25-20(16-4-2-1-3-5-16)21(30-22)17-8-12-19(13-9-17)27(28)29/h1-14H,(H,25,26)/b24-14-. The van der Waals surface area contributed by atoms with Crippen molar-refractivity contribution in [3.63, 3.8) is 0 Å². The van der Waals surface area contributed by atoms with Crippen LogP contribution in [-0.2, 0) is 0 Å². The van der Waals surface area contributed by atoms with Crippen LogP contribution in [0.1, 0.15) is 5.56 Å². The van der Waals surface area contributed by atoms with E-state index in [1.54, 1.807) is 18.3 Å². The molecule has 0 aliphatic rings. The number of halogens is 1. The summed E-state index contributed by atoms with van der Waals surface area (Å²) in [5, 5.41) is 15.9. The third-order valence-corrected chi connectivity index (χ3v) is 5.80. The summed E-state index contributed by atoms with van der Waals surface area (Å²) in [6, 6.07) is 24.1. The molecule has 8 heteroatoms. The first kappa shape index (κ1) is 19.9. The second-order valence-electron chi connectivity index (χ2n) is 6.29. The van der Waals surface area contributed by atoms with Gasteiger partial charge in [-0.05, 0) is 35.4 Å². The summed E-state index contributed by atoms with van der Waals surface area (Å²) in [7, 11) is 0. The van der Waals surface area contributed by atoms with Crippen LogP contribution in [-0.4, -0.2) is 16.1 Å². The molecule has 0 saturated carbocycles. The highest BCUT2D eigenvalue weighted by Crippen LogP contribution is 2.39. The highest BCUT2D eigenvalue weighted by Gasteiger charge is 2.16. The molecule has 0 atom stereocenters. The predicted octanol–water partition coefficient (Wildman–Crippen LogP) is 6.59. The molecule has 4 aromatic rings. The number of thiazole rings is 1. The molecular weight excluding hydrogens is 464 g/mol. The van der Waals surface area contributed by atoms with Crippen molar-refractivity contribution in [3.8, 4) is 21.7 Å². The van der Waals surface area contributed by atoms with Crippen LogP contribution < -0.4 is 5.43 Å². The zero-order valence-corrected chi connectivity index (χ0v) is 17.9. The van der Waals surface area contributed by atoms with Crippen LogP contribution in [0.25, 0.3) is 21.7 Å². The Hall–Kier alpha value is -3.36. The number of anilines is 1. The lowest BCUT2D eigenvalue weighted by Gasteiger charge is -2.02. The van der Waals surface area contributed by atoms with Gasteiger partial charge in [-0.15, -0.1) is 0 Å². The van der Waals surface area contributed by atoms with Crippen molar-refractivity contribution in [2.75, 3.05) is 5.43 Å². The van der Waals surface area contributed by atoms with Gasteiger partial charge in [0.1, 0.15) is 0 Å². The number of nitro benzene ring substituents is 1. The van der Waals surface area contributed by atoms with E-state index in [1.807, 2.05) is 54.6 Å². The van der Waals surface area contributed by atoms with E-state index in [9.17, 15) is 10.1 Å². The van der Waals surface area contributed by atoms with Crippen molar-refractivity contribution >= 4 is 44.3 Å². The summed E-state index contributed by atoms with van der Waals surface area (Å²) in [6.45, 7) is 0. The van der Waals surface area contributed by atoms with Crippen LogP contribution in [0.15, 0.2) is 88.4 Å². The monoisotopic (exact) mass is 478 g/mol. The molecule has 3 aromatic carbocycles. The topological polar surface area (TPSA) is 80.4 Å². The molecule has 6 nitrogen and oxygen atoms in total. The first-order chi connectivity index (χ1) is 14.6. The number of benzene rings is 3. The van der Waals surface area contributed by atoms with Crippen LogP contribution in [0, 0.1) is 10.1 Å². The minimum absolute atomic E-state index is 0.0574. The molecule has 0 aliphatic heterocycles. The maximum Gasteiger partial charge on any atom is 0.269 e. The molecule has 0 fully saturated rings. The number of aromatic nitrogens is 1. The van der Waals surface area contributed by atoms with E-state index in [0.717, 1.165) is 31.7 Å². The summed E-state index contributed by atoms with van der Waals surface area (Å²) in [5.74, 6) is 0. The maximum atomic E-state index is 11.0. The third-order valence-electron chi connectivity index (χ3n) is 4.26. The van der Waals surface area contributed by atoms with Crippen molar-refractivity contribution < 1.29 is 4.92 Å². The van der Waals surface area contributed by atoms with Gasteiger partial charge in [-0.1, -0.05) is 69.7 Å². The molecule has 30 heavy (non-hydrogen) atoms. The molecule has 0 radical (unpaired) electrons. The van der Waals surface area contributed by atoms with Crippen LogP contribution in [0.5, 0.6) is 0 Å². The lowest BCUT2D eigenvalue weighted by molar-refractivity contribution is -0.384. The first-order valence-corrected chi connectivity index (χ1v) is 10.6. The molecular formula is C22H15BrN4O2S. The number of hydrogen-bond acceptors (Lipinski definition) is 6. The van der Waals surface area contributed by atoms with E-state index in [0.29, 0.717) is 5.13 Å². The molecule has 1 heterocycles. The summed E-state index contributed by atoms with van der Waals surface area (Å²) in [6.07, 6.45) is 1.72. The zero-order valence-electron chi connectivity index (χ0n) is 15.5. The molecule has 0 aliphatic carbocycles. The second-order valence-corrected chi connectivity index (χ2v) is 8.20. The Morgan fingerprint density at radius 1 is 0.967 bits per heavy atom. The molecule has 0 bridgehead atoms. The fourth-order valence-corrected chi connectivity index (χ4v) is 4.01. The minimum Gasteiger partial charge on any atom is -0.258 e. The van der Waals surface area contributed by atoms with E-state index in [4.69, 9.17) is 4.98 Å². The molecule has 0 spiro atoms. The molecule has 1 aromatic heterocycles. The van der Waals surface area contributed by atoms with E-state index in [1.165, 1.54) is 23.5 Å². The Balaban J connectivity index is 1.65. The Morgan fingerprint density at radius 3 is 2.33 bits per heavy atom. The number of hydrazone groups is 1. The number of non-ortho nitro benzene ring substituents is 1.